The first kappa shape index (κ1) is 14.3. The Morgan fingerprint density at radius 1 is 1.05 bits per heavy atom. The number of hydrogen-bond acceptors (Lipinski definition) is 1. The van der Waals surface area contributed by atoms with Crippen molar-refractivity contribution in [3.05, 3.63) is 11.6 Å². The fourth-order valence-electron chi connectivity index (χ4n) is 6.90. The number of fused-ring (bicyclic) bond motifs is 5. The molecule has 4 aliphatic rings. The molecule has 1 N–H and O–H groups in total. The molecule has 4 aliphatic carbocycles. The molecule has 3 fully saturated rings. The zero-order valence-corrected chi connectivity index (χ0v) is 14.1. The lowest BCUT2D eigenvalue weighted by atomic mass is 9.47. The molecule has 0 amide bonds. The number of aliphatic hydroxyl groups is 1. The van der Waals surface area contributed by atoms with Crippen molar-refractivity contribution in [1.82, 2.24) is 0 Å². The summed E-state index contributed by atoms with van der Waals surface area (Å²) in [6.45, 7) is 7.63. The van der Waals surface area contributed by atoms with E-state index in [9.17, 15) is 5.11 Å². The van der Waals surface area contributed by atoms with Crippen LogP contribution in [0.1, 0.15) is 72.1 Å². The van der Waals surface area contributed by atoms with Crippen molar-refractivity contribution in [3.63, 3.8) is 0 Å². The van der Waals surface area contributed by atoms with Gasteiger partial charge in [0.1, 0.15) is 0 Å². The summed E-state index contributed by atoms with van der Waals surface area (Å²) in [6, 6.07) is 0. The Hall–Kier alpha value is -0.300. The monoisotopic (exact) mass is 288 g/mol. The van der Waals surface area contributed by atoms with E-state index in [4.69, 9.17) is 0 Å². The lowest BCUT2D eigenvalue weighted by Crippen LogP contribution is -2.50. The molecular formula is C20H32O. The van der Waals surface area contributed by atoms with Gasteiger partial charge in [0.15, 0.2) is 0 Å². The van der Waals surface area contributed by atoms with Crippen LogP contribution in [0.15, 0.2) is 11.6 Å². The fraction of sp³-hybridized carbons (Fsp3) is 0.900. The third kappa shape index (κ3) is 1.85. The third-order valence-corrected chi connectivity index (χ3v) is 8.55. The van der Waals surface area contributed by atoms with Crippen LogP contribution >= 0.6 is 0 Å². The molecule has 1 nitrogen and oxygen atoms in total. The molecule has 3 saturated carbocycles. The van der Waals surface area contributed by atoms with E-state index < -0.39 is 0 Å². The molecule has 0 bridgehead atoms. The number of hydrogen-bond donors (Lipinski definition) is 1. The molecule has 0 radical (unpaired) electrons. The van der Waals surface area contributed by atoms with Crippen LogP contribution in [0.25, 0.3) is 0 Å². The van der Waals surface area contributed by atoms with Crippen LogP contribution in [0.3, 0.4) is 0 Å². The molecule has 0 saturated heterocycles. The first-order valence-electron chi connectivity index (χ1n) is 9.33. The van der Waals surface area contributed by atoms with Gasteiger partial charge in [0.2, 0.25) is 0 Å². The van der Waals surface area contributed by atoms with E-state index in [1.54, 1.807) is 5.57 Å². The summed E-state index contributed by atoms with van der Waals surface area (Å²) >= 11 is 0. The minimum atomic E-state index is -0.0683. The van der Waals surface area contributed by atoms with Crippen LogP contribution in [-0.2, 0) is 0 Å². The molecule has 118 valence electrons. The minimum absolute atomic E-state index is 0.0683. The summed E-state index contributed by atoms with van der Waals surface area (Å²) in [5, 5.41) is 10.0. The first-order chi connectivity index (χ1) is 9.95. The molecule has 0 heterocycles. The highest BCUT2D eigenvalue weighted by Gasteiger charge is 2.57. The second-order valence-corrected chi connectivity index (χ2v) is 9.18. The Bertz CT molecular complexity index is 466. The van der Waals surface area contributed by atoms with Crippen molar-refractivity contribution in [3.8, 4) is 0 Å². The third-order valence-electron chi connectivity index (χ3n) is 8.55. The van der Waals surface area contributed by atoms with E-state index in [2.05, 4.69) is 26.8 Å². The quantitative estimate of drug-likeness (QED) is 0.626. The number of aliphatic hydroxyl groups excluding tert-OH is 1. The van der Waals surface area contributed by atoms with Crippen molar-refractivity contribution in [2.24, 2.45) is 34.5 Å². The normalized spacial score (nSPS) is 56.2. The van der Waals surface area contributed by atoms with Gasteiger partial charge in [-0.2, -0.15) is 0 Å². The summed E-state index contributed by atoms with van der Waals surface area (Å²) in [7, 11) is 0. The maximum absolute atomic E-state index is 10.0. The molecular weight excluding hydrogens is 256 g/mol. The van der Waals surface area contributed by atoms with Gasteiger partial charge >= 0.3 is 0 Å². The Labute approximate surface area is 130 Å². The fourth-order valence-corrected chi connectivity index (χ4v) is 6.90. The maximum atomic E-state index is 10.0. The number of allylic oxidation sites excluding steroid dienone is 1. The standard InChI is InChI=1S/C20H32O/c1-13-4-7-17-16-6-5-14-12-15(21)8-10-20(14,3)18(16)9-11-19(13,17)2/h5,13,15-18,21H,4,6-12H2,1-3H3/t13-,15-,16-,17-,18-,19+,20-/m0/s1. The Kier molecular flexibility index (Phi) is 3.13. The highest BCUT2D eigenvalue weighted by atomic mass is 16.3. The molecule has 4 rings (SSSR count). The SMILES string of the molecule is C[C@H]1CC[C@H]2[C@@H]3CC=C4C[C@@H](O)CC[C@]4(C)[C@H]3CC[C@]12C. The Balaban J connectivity index is 1.68. The molecule has 0 aromatic heterocycles. The summed E-state index contributed by atoms with van der Waals surface area (Å²) in [5.74, 6) is 3.72. The zero-order chi connectivity index (χ0) is 14.8. The van der Waals surface area contributed by atoms with Crippen molar-refractivity contribution in [2.75, 3.05) is 0 Å². The van der Waals surface area contributed by atoms with E-state index in [1.165, 1.54) is 38.5 Å². The van der Waals surface area contributed by atoms with Gasteiger partial charge in [-0.3, -0.25) is 0 Å². The average Bonchev–Trinajstić information content (AvgIpc) is 2.76. The zero-order valence-electron chi connectivity index (χ0n) is 14.1. The van der Waals surface area contributed by atoms with Crippen molar-refractivity contribution >= 4 is 0 Å². The lowest BCUT2D eigenvalue weighted by Gasteiger charge is -2.58. The van der Waals surface area contributed by atoms with Gasteiger partial charge in [-0.25, -0.2) is 0 Å². The van der Waals surface area contributed by atoms with Gasteiger partial charge in [0.25, 0.3) is 0 Å². The van der Waals surface area contributed by atoms with Gasteiger partial charge in [0, 0.05) is 0 Å². The van der Waals surface area contributed by atoms with Crippen LogP contribution in [0.2, 0.25) is 0 Å². The molecule has 21 heavy (non-hydrogen) atoms. The Morgan fingerprint density at radius 3 is 2.67 bits per heavy atom. The smallest absolute Gasteiger partial charge is 0.0577 e. The van der Waals surface area contributed by atoms with E-state index in [0.717, 1.165) is 36.5 Å². The van der Waals surface area contributed by atoms with Crippen LogP contribution < -0.4 is 0 Å². The van der Waals surface area contributed by atoms with Gasteiger partial charge in [-0.15, -0.1) is 0 Å². The summed E-state index contributed by atoms with van der Waals surface area (Å²) in [4.78, 5) is 0. The molecule has 0 aliphatic heterocycles. The van der Waals surface area contributed by atoms with Crippen molar-refractivity contribution in [1.29, 1.82) is 0 Å². The highest BCUT2D eigenvalue weighted by molar-refractivity contribution is 5.25. The summed E-state index contributed by atoms with van der Waals surface area (Å²) < 4.78 is 0. The number of rotatable bonds is 0. The maximum Gasteiger partial charge on any atom is 0.0577 e. The summed E-state index contributed by atoms with van der Waals surface area (Å²) in [5.41, 5.74) is 2.64. The van der Waals surface area contributed by atoms with E-state index in [0.29, 0.717) is 10.8 Å². The molecule has 7 atom stereocenters. The average molecular weight is 288 g/mol. The predicted octanol–water partition coefficient (Wildman–Crippen LogP) is 4.95. The van der Waals surface area contributed by atoms with Gasteiger partial charge < -0.3 is 5.11 Å². The molecule has 1 heteroatoms. The van der Waals surface area contributed by atoms with Gasteiger partial charge in [0.05, 0.1) is 6.10 Å². The van der Waals surface area contributed by atoms with Crippen molar-refractivity contribution < 1.29 is 5.11 Å². The minimum Gasteiger partial charge on any atom is -0.393 e. The van der Waals surface area contributed by atoms with Gasteiger partial charge in [-0.05, 0) is 85.9 Å². The largest absolute Gasteiger partial charge is 0.393 e. The molecule has 0 unspecified atom stereocenters. The second kappa shape index (κ2) is 4.60. The van der Waals surface area contributed by atoms with Crippen LogP contribution in [0.5, 0.6) is 0 Å². The van der Waals surface area contributed by atoms with Crippen LogP contribution in [0, 0.1) is 34.5 Å². The summed E-state index contributed by atoms with van der Waals surface area (Å²) in [6.07, 6.45) is 12.8. The van der Waals surface area contributed by atoms with E-state index in [-0.39, 0.29) is 6.10 Å². The molecule has 0 spiro atoms. The molecule has 0 aromatic carbocycles. The van der Waals surface area contributed by atoms with Gasteiger partial charge in [-0.1, -0.05) is 32.4 Å². The Morgan fingerprint density at radius 2 is 1.86 bits per heavy atom. The second-order valence-electron chi connectivity index (χ2n) is 9.18. The molecule has 0 aromatic rings. The topological polar surface area (TPSA) is 20.2 Å². The van der Waals surface area contributed by atoms with E-state index >= 15 is 0 Å². The van der Waals surface area contributed by atoms with Crippen LogP contribution in [-0.4, -0.2) is 11.2 Å². The van der Waals surface area contributed by atoms with Crippen LogP contribution in [0.4, 0.5) is 0 Å². The predicted molar refractivity (Wildman–Crippen MR) is 86.9 cm³/mol. The first-order valence-corrected chi connectivity index (χ1v) is 9.33. The van der Waals surface area contributed by atoms with Crippen molar-refractivity contribution in [2.45, 2.75) is 78.2 Å². The van der Waals surface area contributed by atoms with E-state index in [1.807, 2.05) is 0 Å². The highest BCUT2D eigenvalue weighted by Crippen LogP contribution is 2.66. The lowest BCUT2D eigenvalue weighted by molar-refractivity contribution is -0.0474.